The van der Waals surface area contributed by atoms with Gasteiger partial charge >= 0.3 is 12.2 Å². The monoisotopic (exact) mass is 894 g/mol. The molecule has 6 atom stereocenters. The number of imidazole rings is 2. The van der Waals surface area contributed by atoms with Gasteiger partial charge in [-0.2, -0.15) is 0 Å². The maximum Gasteiger partial charge on any atom is 0.407 e. The molecule has 18 nitrogen and oxygen atoms in total. The number of benzene rings is 2. The van der Waals surface area contributed by atoms with E-state index in [1.54, 1.807) is 36.4 Å². The SMILES string of the molecule is C=C(OC)C1C[C@@H](c2ncc(-c3cc4c5c(c3)OCc3cc(-c6cnc([C@@H]7C[C@H](COC)CN7C(=O)[C@@H](NC(=O)OC)C(C)C)[nH]6)cc(c3-5)OC4)[nH]2)N(C(=O)[C@@H](NC(=O)OC)C(C)C)C1. The van der Waals surface area contributed by atoms with Crippen LogP contribution in [0.25, 0.3) is 33.6 Å². The summed E-state index contributed by atoms with van der Waals surface area (Å²) in [5, 5.41) is 5.42. The molecule has 8 rings (SSSR count). The second-order valence-corrected chi connectivity index (χ2v) is 17.8. The van der Waals surface area contributed by atoms with Gasteiger partial charge in [0.05, 0.1) is 69.6 Å². The highest BCUT2D eigenvalue weighted by Crippen LogP contribution is 2.51. The number of hydrogen-bond acceptors (Lipinski definition) is 12. The fourth-order valence-electron chi connectivity index (χ4n) is 9.57. The van der Waals surface area contributed by atoms with E-state index in [9.17, 15) is 19.2 Å². The number of nitrogens with one attached hydrogen (secondary N) is 4. The van der Waals surface area contributed by atoms with Gasteiger partial charge in [0, 0.05) is 65.4 Å². The van der Waals surface area contributed by atoms with Gasteiger partial charge in [-0.05, 0) is 48.9 Å². The predicted octanol–water partition coefficient (Wildman–Crippen LogP) is 6.27. The largest absolute Gasteiger partial charge is 0.501 e. The molecule has 4 aliphatic rings. The Hall–Kier alpha value is -6.56. The number of carbonyl (C=O) groups excluding carboxylic acids is 4. The Morgan fingerprint density at radius 2 is 1.20 bits per heavy atom. The summed E-state index contributed by atoms with van der Waals surface area (Å²) in [5.41, 5.74) is 7.10. The van der Waals surface area contributed by atoms with Crippen molar-refractivity contribution in [1.29, 1.82) is 0 Å². The Balaban J connectivity index is 1.05. The van der Waals surface area contributed by atoms with Gasteiger partial charge in [-0.1, -0.05) is 34.3 Å². The van der Waals surface area contributed by atoms with Crippen LogP contribution in [0.5, 0.6) is 11.5 Å². The smallest absolute Gasteiger partial charge is 0.407 e. The molecule has 0 saturated carbocycles. The average Bonchev–Trinajstić information content (AvgIpc) is 4.14. The molecule has 2 fully saturated rings. The number of likely N-dealkylation sites (tertiary alicyclic amines) is 2. The summed E-state index contributed by atoms with van der Waals surface area (Å²) in [4.78, 5) is 72.6. The number of carbonyl (C=O) groups is 4. The Morgan fingerprint density at radius 1 is 0.723 bits per heavy atom. The summed E-state index contributed by atoms with van der Waals surface area (Å²) in [5.74, 6) is 2.38. The van der Waals surface area contributed by atoms with Crippen molar-refractivity contribution < 1.29 is 47.6 Å². The van der Waals surface area contributed by atoms with E-state index in [0.29, 0.717) is 63.2 Å². The molecular weight excluding hydrogens is 837 g/mol. The van der Waals surface area contributed by atoms with Gasteiger partial charge in [-0.15, -0.1) is 0 Å². The lowest BCUT2D eigenvalue weighted by Crippen LogP contribution is -2.51. The maximum absolute atomic E-state index is 14.1. The highest BCUT2D eigenvalue weighted by molar-refractivity contribution is 5.89. The lowest BCUT2D eigenvalue weighted by molar-refractivity contribution is -0.136. The third kappa shape index (κ3) is 8.70. The molecule has 65 heavy (non-hydrogen) atoms. The van der Waals surface area contributed by atoms with Crippen LogP contribution in [0.1, 0.15) is 75.4 Å². The molecule has 0 aliphatic carbocycles. The molecule has 18 heteroatoms. The van der Waals surface area contributed by atoms with E-state index >= 15 is 0 Å². The summed E-state index contributed by atoms with van der Waals surface area (Å²) < 4.78 is 33.6. The van der Waals surface area contributed by atoms with Crippen molar-refractivity contribution in [2.45, 2.75) is 77.9 Å². The first-order chi connectivity index (χ1) is 31.2. The summed E-state index contributed by atoms with van der Waals surface area (Å²) in [6, 6.07) is 5.79. The van der Waals surface area contributed by atoms with Crippen LogP contribution >= 0.6 is 0 Å². The molecule has 4 N–H and O–H groups in total. The van der Waals surface area contributed by atoms with Gasteiger partial charge in [0.15, 0.2) is 0 Å². The van der Waals surface area contributed by atoms with Crippen molar-refractivity contribution in [3.63, 3.8) is 0 Å². The number of nitrogens with zero attached hydrogens (tertiary/aromatic N) is 4. The normalized spacial score (nSPS) is 20.4. The molecule has 346 valence electrons. The molecule has 4 aromatic rings. The van der Waals surface area contributed by atoms with Crippen LogP contribution in [-0.2, 0) is 41.8 Å². The number of H-pyrrole nitrogens is 2. The van der Waals surface area contributed by atoms with Gasteiger partial charge in [0.2, 0.25) is 11.8 Å². The van der Waals surface area contributed by atoms with Crippen LogP contribution in [0.3, 0.4) is 0 Å². The molecule has 1 unspecified atom stereocenters. The first-order valence-electron chi connectivity index (χ1n) is 21.9. The van der Waals surface area contributed by atoms with Crippen molar-refractivity contribution in [2.24, 2.45) is 23.7 Å². The van der Waals surface area contributed by atoms with Crippen LogP contribution in [-0.4, -0.2) is 114 Å². The van der Waals surface area contributed by atoms with E-state index in [1.165, 1.54) is 14.2 Å². The Kier molecular flexibility index (Phi) is 12.8. The molecule has 2 aromatic heterocycles. The van der Waals surface area contributed by atoms with Crippen molar-refractivity contribution >= 4 is 24.0 Å². The van der Waals surface area contributed by atoms with Crippen LogP contribution in [0.4, 0.5) is 9.59 Å². The molecule has 0 bridgehead atoms. The summed E-state index contributed by atoms with van der Waals surface area (Å²) in [7, 11) is 5.76. The van der Waals surface area contributed by atoms with E-state index < -0.39 is 30.3 Å². The molecule has 4 aliphatic heterocycles. The van der Waals surface area contributed by atoms with Crippen LogP contribution < -0.4 is 20.1 Å². The number of alkyl carbamates (subject to hydrolysis) is 2. The zero-order chi connectivity index (χ0) is 46.3. The molecule has 2 aromatic carbocycles. The zero-order valence-electron chi connectivity index (χ0n) is 38.1. The van der Waals surface area contributed by atoms with Gasteiger partial charge in [-0.25, -0.2) is 19.6 Å². The van der Waals surface area contributed by atoms with Gasteiger partial charge in [-0.3, -0.25) is 9.59 Å². The lowest BCUT2D eigenvalue weighted by atomic mass is 9.87. The minimum absolute atomic E-state index is 0.0844. The fourth-order valence-corrected chi connectivity index (χ4v) is 9.57. The Morgan fingerprint density at radius 3 is 1.65 bits per heavy atom. The fraction of sp³-hybridized carbons (Fsp3) is 0.489. The molecule has 0 spiro atoms. The topological polar surface area (TPSA) is 212 Å². The summed E-state index contributed by atoms with van der Waals surface area (Å²) in [6.45, 7) is 13.5. The predicted molar refractivity (Wildman–Crippen MR) is 237 cm³/mol. The number of ether oxygens (including phenoxy) is 6. The zero-order valence-corrected chi connectivity index (χ0v) is 38.1. The van der Waals surface area contributed by atoms with E-state index in [2.05, 4.69) is 39.3 Å². The second kappa shape index (κ2) is 18.5. The van der Waals surface area contributed by atoms with Crippen molar-refractivity contribution in [3.05, 3.63) is 71.8 Å². The Labute approximate surface area is 377 Å². The number of amides is 4. The highest BCUT2D eigenvalue weighted by Gasteiger charge is 2.44. The summed E-state index contributed by atoms with van der Waals surface area (Å²) >= 11 is 0. The molecule has 6 heterocycles. The minimum Gasteiger partial charge on any atom is -0.501 e. The van der Waals surface area contributed by atoms with Crippen LogP contribution in [0.2, 0.25) is 0 Å². The summed E-state index contributed by atoms with van der Waals surface area (Å²) in [6.07, 6.45) is 3.37. The third-order valence-electron chi connectivity index (χ3n) is 13.0. The quantitative estimate of drug-likeness (QED) is 0.103. The number of methoxy groups -OCH3 is 4. The average molecular weight is 895 g/mol. The molecular formula is C47H58N8O10. The van der Waals surface area contributed by atoms with Crippen molar-refractivity contribution in [3.8, 4) is 45.1 Å². The van der Waals surface area contributed by atoms with E-state index in [1.807, 2.05) is 39.8 Å². The standard InChI is InChI=1S/C47H58N8O10/c1-23(2)40(52-46(58)62-8)44(56)54-18-26(20-60-6)10-34(54)42-48-16-32(50-42)27-11-30-21-65-37-15-28(12-31-22-64-36(14-27)38(30)39(31)37)33-17-49-43(51-33)35-13-29(25(5)61-7)19-55(35)45(57)41(24(3)4)53-47(59)63-9/h11-12,14-17,23-24,26,29,34-35,40-41H,5,10,13,18-22H2,1-4,6-9H3,(H,48,50)(H,49,51)(H,52,58)(H,53,59)/t26-,29?,34-,35-,40-,41-/m0/s1. The van der Waals surface area contributed by atoms with Gasteiger partial charge in [0.25, 0.3) is 0 Å². The van der Waals surface area contributed by atoms with Gasteiger partial charge in [0.1, 0.15) is 48.4 Å². The highest BCUT2D eigenvalue weighted by atomic mass is 16.5. The van der Waals surface area contributed by atoms with Crippen LogP contribution in [0, 0.1) is 23.7 Å². The minimum atomic E-state index is -0.808. The molecule has 0 radical (unpaired) electrons. The number of aromatic amines is 2. The maximum atomic E-state index is 14.1. The first kappa shape index (κ1) is 45.0. The van der Waals surface area contributed by atoms with E-state index in [0.717, 1.165) is 56.3 Å². The van der Waals surface area contributed by atoms with Crippen molar-refractivity contribution in [2.75, 3.05) is 48.1 Å². The van der Waals surface area contributed by atoms with Crippen LogP contribution in [0.15, 0.2) is 49.0 Å². The van der Waals surface area contributed by atoms with E-state index in [-0.39, 0.29) is 41.5 Å². The van der Waals surface area contributed by atoms with E-state index in [4.69, 9.17) is 38.4 Å². The number of rotatable bonds is 14. The van der Waals surface area contributed by atoms with Crippen molar-refractivity contribution in [1.82, 2.24) is 40.4 Å². The number of hydrogen-bond donors (Lipinski definition) is 4. The molecule has 4 amide bonds. The lowest BCUT2D eigenvalue weighted by Gasteiger charge is -2.30. The Bertz CT molecular complexity index is 2430. The second-order valence-electron chi connectivity index (χ2n) is 17.8. The first-order valence-corrected chi connectivity index (χ1v) is 21.9. The number of aromatic nitrogens is 4. The third-order valence-corrected chi connectivity index (χ3v) is 13.0. The van der Waals surface area contributed by atoms with Gasteiger partial charge < -0.3 is 58.8 Å². The molecule has 2 saturated heterocycles.